The minimum absolute atomic E-state index is 0.0778. The van der Waals surface area contributed by atoms with Gasteiger partial charge in [0.05, 0.1) is 0 Å². The average Bonchev–Trinajstić information content (AvgIpc) is 2.09. The van der Waals surface area contributed by atoms with Gasteiger partial charge in [0.25, 0.3) is 0 Å². The third-order valence-electron chi connectivity index (χ3n) is 1.63. The standard InChI is InChI=1S/C9H9F2NO/c1-6(12-5-13)8-4-7(10)2-3-9(8)11/h2-4,13H,5H2,1H3/b12-6+. The highest BCUT2D eigenvalue weighted by Gasteiger charge is 2.05. The first-order chi connectivity index (χ1) is 6.15. The molecule has 0 spiro atoms. The molecule has 1 aromatic carbocycles. The SMILES string of the molecule is C/C(=N\CO)c1cc(F)ccc1F. The molecular formula is C9H9F2NO. The number of benzene rings is 1. The Bertz CT molecular complexity index is 336. The normalized spacial score (nSPS) is 11.8. The van der Waals surface area contributed by atoms with Crippen molar-refractivity contribution >= 4 is 5.71 Å². The van der Waals surface area contributed by atoms with Gasteiger partial charge in [-0.15, -0.1) is 0 Å². The van der Waals surface area contributed by atoms with Gasteiger partial charge >= 0.3 is 0 Å². The monoisotopic (exact) mass is 185 g/mol. The Morgan fingerprint density at radius 3 is 2.77 bits per heavy atom. The van der Waals surface area contributed by atoms with Crippen LogP contribution in [0.5, 0.6) is 0 Å². The molecule has 0 heterocycles. The molecule has 4 heteroatoms. The molecule has 2 nitrogen and oxygen atoms in total. The maximum Gasteiger partial charge on any atom is 0.134 e. The Morgan fingerprint density at radius 1 is 1.46 bits per heavy atom. The topological polar surface area (TPSA) is 32.6 Å². The highest BCUT2D eigenvalue weighted by atomic mass is 19.1. The minimum Gasteiger partial charge on any atom is -0.375 e. The average molecular weight is 185 g/mol. The third kappa shape index (κ3) is 2.32. The Balaban J connectivity index is 3.13. The number of hydrogen-bond donors (Lipinski definition) is 1. The van der Waals surface area contributed by atoms with Crippen molar-refractivity contribution in [2.45, 2.75) is 6.92 Å². The van der Waals surface area contributed by atoms with Crippen molar-refractivity contribution in [3.63, 3.8) is 0 Å². The van der Waals surface area contributed by atoms with Crippen LogP contribution in [-0.2, 0) is 0 Å². The van der Waals surface area contributed by atoms with Gasteiger partial charge in [-0.3, -0.25) is 4.99 Å². The molecule has 0 aliphatic rings. The van der Waals surface area contributed by atoms with Crippen LogP contribution >= 0.6 is 0 Å². The summed E-state index contributed by atoms with van der Waals surface area (Å²) < 4.78 is 25.7. The van der Waals surface area contributed by atoms with Gasteiger partial charge in [0.2, 0.25) is 0 Å². The molecule has 0 aliphatic carbocycles. The van der Waals surface area contributed by atoms with E-state index in [2.05, 4.69) is 4.99 Å². The van der Waals surface area contributed by atoms with Crippen LogP contribution in [0.1, 0.15) is 12.5 Å². The fourth-order valence-corrected chi connectivity index (χ4v) is 0.966. The van der Waals surface area contributed by atoms with E-state index in [1.54, 1.807) is 0 Å². The van der Waals surface area contributed by atoms with Crippen molar-refractivity contribution in [2.24, 2.45) is 4.99 Å². The van der Waals surface area contributed by atoms with Crippen LogP contribution in [0.25, 0.3) is 0 Å². The van der Waals surface area contributed by atoms with Crippen molar-refractivity contribution in [3.8, 4) is 0 Å². The highest BCUT2D eigenvalue weighted by molar-refractivity contribution is 5.98. The number of rotatable bonds is 2. The Kier molecular flexibility index (Phi) is 3.08. The first-order valence-corrected chi connectivity index (χ1v) is 3.72. The van der Waals surface area contributed by atoms with Gasteiger partial charge in [0.1, 0.15) is 18.4 Å². The quantitative estimate of drug-likeness (QED) is 0.699. The summed E-state index contributed by atoms with van der Waals surface area (Å²) in [7, 11) is 0. The Labute approximate surface area is 74.5 Å². The summed E-state index contributed by atoms with van der Waals surface area (Å²) in [6.07, 6.45) is 0. The number of nitrogens with zero attached hydrogens (tertiary/aromatic N) is 1. The number of aliphatic imine (C=N–C) groups is 1. The maximum absolute atomic E-state index is 13.0. The number of aliphatic hydroxyl groups excluding tert-OH is 1. The summed E-state index contributed by atoms with van der Waals surface area (Å²) in [5.41, 5.74) is 0.355. The fourth-order valence-electron chi connectivity index (χ4n) is 0.966. The molecule has 0 aromatic heterocycles. The molecule has 0 aliphatic heterocycles. The molecule has 70 valence electrons. The highest BCUT2D eigenvalue weighted by Crippen LogP contribution is 2.10. The second-order valence-electron chi connectivity index (χ2n) is 2.51. The summed E-state index contributed by atoms with van der Waals surface area (Å²) >= 11 is 0. The second kappa shape index (κ2) is 4.09. The Morgan fingerprint density at radius 2 is 2.15 bits per heavy atom. The van der Waals surface area contributed by atoms with E-state index >= 15 is 0 Å². The molecule has 0 radical (unpaired) electrons. The summed E-state index contributed by atoms with van der Waals surface area (Å²) in [5, 5.41) is 8.45. The van der Waals surface area contributed by atoms with E-state index < -0.39 is 18.4 Å². The van der Waals surface area contributed by atoms with E-state index in [4.69, 9.17) is 5.11 Å². The van der Waals surface area contributed by atoms with Crippen LogP contribution in [-0.4, -0.2) is 17.5 Å². The summed E-state index contributed by atoms with van der Waals surface area (Å²) in [6.45, 7) is 1.08. The first kappa shape index (κ1) is 9.80. The predicted octanol–water partition coefficient (Wildman–Crippen LogP) is 1.72. The van der Waals surface area contributed by atoms with Crippen molar-refractivity contribution in [1.29, 1.82) is 0 Å². The lowest BCUT2D eigenvalue weighted by molar-refractivity contribution is 0.309. The molecule has 1 aromatic rings. The van der Waals surface area contributed by atoms with E-state index in [0.29, 0.717) is 0 Å². The summed E-state index contributed by atoms with van der Waals surface area (Å²) in [4.78, 5) is 3.56. The largest absolute Gasteiger partial charge is 0.375 e. The molecule has 1 N–H and O–H groups in total. The van der Waals surface area contributed by atoms with Gasteiger partial charge < -0.3 is 5.11 Å². The van der Waals surface area contributed by atoms with Gasteiger partial charge in [0.15, 0.2) is 0 Å². The lowest BCUT2D eigenvalue weighted by Gasteiger charge is -2.01. The molecule has 0 saturated heterocycles. The number of hydrogen-bond acceptors (Lipinski definition) is 2. The summed E-state index contributed by atoms with van der Waals surface area (Å²) in [5.74, 6) is -1.07. The van der Waals surface area contributed by atoms with Crippen LogP contribution in [0, 0.1) is 11.6 Å². The first-order valence-electron chi connectivity index (χ1n) is 3.72. The van der Waals surface area contributed by atoms with E-state index in [0.717, 1.165) is 18.2 Å². The van der Waals surface area contributed by atoms with Gasteiger partial charge in [-0.2, -0.15) is 0 Å². The molecule has 0 amide bonds. The fraction of sp³-hybridized carbons (Fsp3) is 0.222. The van der Waals surface area contributed by atoms with Crippen LogP contribution < -0.4 is 0 Å². The van der Waals surface area contributed by atoms with Gasteiger partial charge in [0, 0.05) is 11.3 Å². The minimum atomic E-state index is -0.545. The molecular weight excluding hydrogens is 176 g/mol. The molecule has 13 heavy (non-hydrogen) atoms. The molecule has 0 fully saturated rings. The maximum atomic E-state index is 13.0. The van der Waals surface area contributed by atoms with E-state index in [1.807, 2.05) is 0 Å². The third-order valence-corrected chi connectivity index (χ3v) is 1.63. The molecule has 0 bridgehead atoms. The van der Waals surface area contributed by atoms with Crippen LogP contribution in [0.4, 0.5) is 8.78 Å². The van der Waals surface area contributed by atoms with Crippen molar-refractivity contribution in [1.82, 2.24) is 0 Å². The number of aliphatic hydroxyl groups is 1. The Hall–Kier alpha value is -1.29. The lowest BCUT2D eigenvalue weighted by atomic mass is 10.1. The molecule has 0 saturated carbocycles. The predicted molar refractivity (Wildman–Crippen MR) is 45.7 cm³/mol. The molecule has 0 atom stereocenters. The van der Waals surface area contributed by atoms with Crippen molar-refractivity contribution in [2.75, 3.05) is 6.73 Å². The smallest absolute Gasteiger partial charge is 0.134 e. The zero-order valence-corrected chi connectivity index (χ0v) is 7.09. The molecule has 0 unspecified atom stereocenters. The zero-order valence-electron chi connectivity index (χ0n) is 7.09. The van der Waals surface area contributed by atoms with Crippen LogP contribution in [0.3, 0.4) is 0 Å². The van der Waals surface area contributed by atoms with Gasteiger partial charge in [-0.25, -0.2) is 8.78 Å². The van der Waals surface area contributed by atoms with Gasteiger partial charge in [-0.05, 0) is 25.1 Å². The zero-order chi connectivity index (χ0) is 9.84. The van der Waals surface area contributed by atoms with Crippen LogP contribution in [0.2, 0.25) is 0 Å². The summed E-state index contributed by atoms with van der Waals surface area (Å²) in [6, 6.07) is 3.11. The van der Waals surface area contributed by atoms with Crippen molar-refractivity contribution in [3.05, 3.63) is 35.4 Å². The molecule has 1 rings (SSSR count). The lowest BCUT2D eigenvalue weighted by Crippen LogP contribution is -2.00. The van der Waals surface area contributed by atoms with E-state index in [9.17, 15) is 8.78 Å². The van der Waals surface area contributed by atoms with E-state index in [1.165, 1.54) is 6.92 Å². The van der Waals surface area contributed by atoms with Gasteiger partial charge in [-0.1, -0.05) is 0 Å². The van der Waals surface area contributed by atoms with Crippen LogP contribution in [0.15, 0.2) is 23.2 Å². The number of halogens is 2. The van der Waals surface area contributed by atoms with Crippen molar-refractivity contribution < 1.29 is 13.9 Å². The van der Waals surface area contributed by atoms with E-state index in [-0.39, 0.29) is 11.3 Å². The second-order valence-corrected chi connectivity index (χ2v) is 2.51.